The van der Waals surface area contributed by atoms with Crippen molar-refractivity contribution in [3.63, 3.8) is 0 Å². The summed E-state index contributed by atoms with van der Waals surface area (Å²) in [5, 5.41) is 0. The van der Waals surface area contributed by atoms with Crippen LogP contribution in [0.1, 0.15) is 13.8 Å². The minimum absolute atomic E-state index is 1.19. The van der Waals surface area contributed by atoms with Crippen LogP contribution in [0.25, 0.3) is 0 Å². The molecule has 2 heteroatoms. The molecule has 1 heterocycles. The first-order valence-electron chi connectivity index (χ1n) is 4.30. The third-order valence-corrected chi connectivity index (χ3v) is 2.42. The molecular weight excluding hydrogens is 136 g/mol. The molecule has 0 radical (unpaired) electrons. The Balaban J connectivity index is 2.39. The molecule has 64 valence electrons. The van der Waals surface area contributed by atoms with Gasteiger partial charge in [0.2, 0.25) is 0 Å². The molecule has 0 aromatic carbocycles. The second-order valence-electron chi connectivity index (χ2n) is 3.22. The van der Waals surface area contributed by atoms with Gasteiger partial charge in [0, 0.05) is 31.9 Å². The lowest BCUT2D eigenvalue weighted by atomic mass is 10.3. The van der Waals surface area contributed by atoms with Crippen LogP contribution in [-0.2, 0) is 0 Å². The molecule has 0 unspecified atom stereocenters. The number of rotatable bonds is 1. The van der Waals surface area contributed by atoms with Crippen LogP contribution in [-0.4, -0.2) is 43.0 Å². The van der Waals surface area contributed by atoms with Crippen LogP contribution in [0.3, 0.4) is 0 Å². The monoisotopic (exact) mass is 154 g/mol. The highest BCUT2D eigenvalue weighted by atomic mass is 15.2. The molecule has 0 amide bonds. The summed E-state index contributed by atoms with van der Waals surface area (Å²) < 4.78 is 0. The topological polar surface area (TPSA) is 6.48 Å². The summed E-state index contributed by atoms with van der Waals surface area (Å²) in [5.74, 6) is 0. The molecule has 1 rings (SSSR count). The van der Waals surface area contributed by atoms with E-state index in [1.165, 1.54) is 31.9 Å². The number of nitrogens with zero attached hydrogens (tertiary/aromatic N) is 2. The Morgan fingerprint density at radius 1 is 1.18 bits per heavy atom. The van der Waals surface area contributed by atoms with Gasteiger partial charge in [-0.05, 0) is 20.9 Å². The van der Waals surface area contributed by atoms with Crippen LogP contribution in [0.4, 0.5) is 0 Å². The average molecular weight is 154 g/mol. The second kappa shape index (κ2) is 3.77. The van der Waals surface area contributed by atoms with Crippen molar-refractivity contribution < 1.29 is 0 Å². The first-order valence-corrected chi connectivity index (χ1v) is 4.30. The zero-order chi connectivity index (χ0) is 8.27. The Bertz CT molecular complexity index is 144. The van der Waals surface area contributed by atoms with E-state index in [0.29, 0.717) is 0 Å². The van der Waals surface area contributed by atoms with Gasteiger partial charge in [-0.2, -0.15) is 0 Å². The van der Waals surface area contributed by atoms with Crippen LogP contribution in [0.5, 0.6) is 0 Å². The van der Waals surface area contributed by atoms with Crippen LogP contribution in [0.2, 0.25) is 0 Å². The molecule has 0 N–H and O–H groups in total. The summed E-state index contributed by atoms with van der Waals surface area (Å²) in [5.41, 5.74) is 1.41. The Hall–Kier alpha value is -0.500. The highest BCUT2D eigenvalue weighted by Gasteiger charge is 2.12. The molecule has 0 aromatic rings. The molecule has 1 saturated heterocycles. The molecule has 0 saturated carbocycles. The van der Waals surface area contributed by atoms with Crippen molar-refractivity contribution in [3.05, 3.63) is 11.8 Å². The van der Waals surface area contributed by atoms with Crippen molar-refractivity contribution in [1.82, 2.24) is 9.80 Å². The second-order valence-corrected chi connectivity index (χ2v) is 3.22. The molecule has 11 heavy (non-hydrogen) atoms. The van der Waals surface area contributed by atoms with Crippen molar-refractivity contribution in [1.29, 1.82) is 0 Å². The number of likely N-dealkylation sites (N-methyl/N-ethyl adjacent to an activating group) is 1. The number of piperazine rings is 1. The minimum atomic E-state index is 1.19. The number of hydrogen-bond acceptors (Lipinski definition) is 2. The first kappa shape index (κ1) is 8.60. The van der Waals surface area contributed by atoms with Gasteiger partial charge in [-0.25, -0.2) is 0 Å². The average Bonchev–Trinajstić information content (AvgIpc) is 2.05. The maximum Gasteiger partial charge on any atom is 0.0303 e. The van der Waals surface area contributed by atoms with E-state index >= 15 is 0 Å². The lowest BCUT2D eigenvalue weighted by molar-refractivity contribution is 0.186. The van der Waals surface area contributed by atoms with Gasteiger partial charge < -0.3 is 9.80 Å². The quantitative estimate of drug-likeness (QED) is 0.559. The molecule has 2 nitrogen and oxygen atoms in total. The van der Waals surface area contributed by atoms with Crippen LogP contribution in [0, 0.1) is 0 Å². The van der Waals surface area contributed by atoms with E-state index in [4.69, 9.17) is 0 Å². The number of allylic oxidation sites excluding steroid dienone is 2. The maximum absolute atomic E-state index is 2.44. The van der Waals surface area contributed by atoms with E-state index in [-0.39, 0.29) is 0 Å². The van der Waals surface area contributed by atoms with E-state index in [2.05, 4.69) is 36.8 Å². The molecule has 1 fully saturated rings. The normalized spacial score (nSPS) is 22.5. The lowest BCUT2D eigenvalue weighted by Gasteiger charge is -2.34. The fourth-order valence-electron chi connectivity index (χ4n) is 1.34. The third-order valence-electron chi connectivity index (χ3n) is 2.42. The van der Waals surface area contributed by atoms with Crippen LogP contribution >= 0.6 is 0 Å². The van der Waals surface area contributed by atoms with Crippen molar-refractivity contribution in [2.24, 2.45) is 0 Å². The molecule has 1 aliphatic rings. The largest absolute Gasteiger partial charge is 0.373 e. The molecule has 0 atom stereocenters. The van der Waals surface area contributed by atoms with Gasteiger partial charge >= 0.3 is 0 Å². The van der Waals surface area contributed by atoms with Gasteiger partial charge in [0.15, 0.2) is 0 Å². The standard InChI is InChI=1S/C9H18N2/c1-4-9(2)11-7-5-10(3)6-8-11/h4H,5-8H2,1-3H3. The van der Waals surface area contributed by atoms with Gasteiger partial charge in [-0.1, -0.05) is 6.08 Å². The van der Waals surface area contributed by atoms with Crippen molar-refractivity contribution in [2.45, 2.75) is 13.8 Å². The predicted octanol–water partition coefficient (Wildman–Crippen LogP) is 1.16. The zero-order valence-corrected chi connectivity index (χ0v) is 7.80. The Labute approximate surface area is 69.5 Å². The smallest absolute Gasteiger partial charge is 0.0303 e. The van der Waals surface area contributed by atoms with E-state index in [0.717, 1.165) is 0 Å². The van der Waals surface area contributed by atoms with Crippen LogP contribution in [0.15, 0.2) is 11.8 Å². The highest BCUT2D eigenvalue weighted by Crippen LogP contribution is 2.06. The van der Waals surface area contributed by atoms with E-state index < -0.39 is 0 Å². The Morgan fingerprint density at radius 3 is 2.18 bits per heavy atom. The van der Waals surface area contributed by atoms with Crippen molar-refractivity contribution >= 4 is 0 Å². The minimum Gasteiger partial charge on any atom is -0.373 e. The SMILES string of the molecule is CC=C(C)N1CCN(C)CC1. The summed E-state index contributed by atoms with van der Waals surface area (Å²) in [6.45, 7) is 9.06. The maximum atomic E-state index is 2.44. The van der Waals surface area contributed by atoms with Crippen molar-refractivity contribution in [2.75, 3.05) is 33.2 Å². The molecule has 0 aromatic heterocycles. The summed E-state index contributed by atoms with van der Waals surface area (Å²) in [7, 11) is 2.18. The fraction of sp³-hybridized carbons (Fsp3) is 0.778. The first-order chi connectivity index (χ1) is 5.24. The van der Waals surface area contributed by atoms with E-state index in [1.54, 1.807) is 0 Å². The Morgan fingerprint density at radius 2 is 1.73 bits per heavy atom. The van der Waals surface area contributed by atoms with Gasteiger partial charge in [0.1, 0.15) is 0 Å². The predicted molar refractivity (Wildman–Crippen MR) is 48.5 cm³/mol. The van der Waals surface area contributed by atoms with Crippen molar-refractivity contribution in [3.8, 4) is 0 Å². The summed E-state index contributed by atoms with van der Waals surface area (Å²) >= 11 is 0. The summed E-state index contributed by atoms with van der Waals surface area (Å²) in [6, 6.07) is 0. The van der Waals surface area contributed by atoms with Gasteiger partial charge in [0.05, 0.1) is 0 Å². The molecule has 0 spiro atoms. The fourth-order valence-corrected chi connectivity index (χ4v) is 1.34. The molecule has 0 aliphatic carbocycles. The zero-order valence-electron chi connectivity index (χ0n) is 7.80. The highest BCUT2D eigenvalue weighted by molar-refractivity contribution is 4.96. The third kappa shape index (κ3) is 2.22. The van der Waals surface area contributed by atoms with Gasteiger partial charge in [0.25, 0.3) is 0 Å². The van der Waals surface area contributed by atoms with E-state index in [9.17, 15) is 0 Å². The Kier molecular flexibility index (Phi) is 2.94. The van der Waals surface area contributed by atoms with Crippen LogP contribution < -0.4 is 0 Å². The lowest BCUT2D eigenvalue weighted by Crippen LogP contribution is -2.43. The molecular formula is C9H18N2. The van der Waals surface area contributed by atoms with E-state index in [1.807, 2.05) is 0 Å². The van der Waals surface area contributed by atoms with Gasteiger partial charge in [-0.15, -0.1) is 0 Å². The number of hydrogen-bond donors (Lipinski definition) is 0. The molecule has 1 aliphatic heterocycles. The van der Waals surface area contributed by atoms with Gasteiger partial charge in [-0.3, -0.25) is 0 Å². The summed E-state index contributed by atoms with van der Waals surface area (Å²) in [6.07, 6.45) is 2.19. The summed E-state index contributed by atoms with van der Waals surface area (Å²) in [4.78, 5) is 4.82. The molecule has 0 bridgehead atoms.